The number of hydrogen-bond donors (Lipinski definition) is 0. The SMILES string of the molecule is C[C@H](OC(=O)[C@@H]1CC(=O)N(C2CCCC2)C1)c1nnc(-c2ccc([N+](=O)[O-])cc2)o1. The number of rotatable bonds is 6. The van der Waals surface area contributed by atoms with Crippen LogP contribution in [0.1, 0.15) is 51.0 Å². The summed E-state index contributed by atoms with van der Waals surface area (Å²) in [5.74, 6) is -0.640. The molecule has 2 aromatic rings. The monoisotopic (exact) mass is 414 g/mol. The average molecular weight is 414 g/mol. The third kappa shape index (κ3) is 4.03. The van der Waals surface area contributed by atoms with Crippen LogP contribution in [0, 0.1) is 16.0 Å². The van der Waals surface area contributed by atoms with Crippen molar-refractivity contribution in [3.63, 3.8) is 0 Å². The minimum Gasteiger partial charge on any atom is -0.452 e. The van der Waals surface area contributed by atoms with Crippen molar-refractivity contribution >= 4 is 17.6 Å². The highest BCUT2D eigenvalue weighted by Crippen LogP contribution is 2.31. The Hall–Kier alpha value is -3.30. The van der Waals surface area contributed by atoms with Crippen LogP contribution in [0.15, 0.2) is 28.7 Å². The van der Waals surface area contributed by atoms with E-state index in [-0.39, 0.29) is 35.8 Å². The molecule has 1 aliphatic heterocycles. The lowest BCUT2D eigenvalue weighted by Crippen LogP contribution is -2.35. The number of carbonyl (C=O) groups is 2. The van der Waals surface area contributed by atoms with Gasteiger partial charge >= 0.3 is 5.97 Å². The second-order valence-electron chi connectivity index (χ2n) is 7.71. The predicted molar refractivity (Wildman–Crippen MR) is 103 cm³/mol. The van der Waals surface area contributed by atoms with Crippen molar-refractivity contribution < 1.29 is 23.7 Å². The molecule has 30 heavy (non-hydrogen) atoms. The van der Waals surface area contributed by atoms with Gasteiger partial charge in [-0.1, -0.05) is 12.8 Å². The Bertz CT molecular complexity index is 950. The molecule has 2 heterocycles. The van der Waals surface area contributed by atoms with Crippen molar-refractivity contribution in [2.24, 2.45) is 5.92 Å². The highest BCUT2D eigenvalue weighted by molar-refractivity contribution is 5.87. The Morgan fingerprint density at radius 1 is 1.27 bits per heavy atom. The van der Waals surface area contributed by atoms with Crippen molar-refractivity contribution in [1.82, 2.24) is 15.1 Å². The maximum absolute atomic E-state index is 12.6. The molecule has 2 atom stereocenters. The van der Waals surface area contributed by atoms with E-state index in [9.17, 15) is 19.7 Å². The van der Waals surface area contributed by atoms with Crippen molar-refractivity contribution in [3.8, 4) is 11.5 Å². The fourth-order valence-corrected chi connectivity index (χ4v) is 4.02. The van der Waals surface area contributed by atoms with Crippen LogP contribution in [-0.2, 0) is 14.3 Å². The Morgan fingerprint density at radius 2 is 1.97 bits per heavy atom. The molecule has 10 heteroatoms. The number of carbonyl (C=O) groups excluding carboxylic acids is 2. The summed E-state index contributed by atoms with van der Waals surface area (Å²) in [7, 11) is 0. The van der Waals surface area contributed by atoms with Crippen LogP contribution in [0.25, 0.3) is 11.5 Å². The molecule has 1 amide bonds. The number of amides is 1. The Balaban J connectivity index is 1.37. The maximum atomic E-state index is 12.6. The first-order valence-corrected chi connectivity index (χ1v) is 10.0. The van der Waals surface area contributed by atoms with Crippen molar-refractivity contribution in [3.05, 3.63) is 40.3 Å². The largest absolute Gasteiger partial charge is 0.452 e. The number of esters is 1. The molecule has 0 radical (unpaired) electrons. The van der Waals surface area contributed by atoms with Gasteiger partial charge in [-0.15, -0.1) is 10.2 Å². The molecule has 0 bridgehead atoms. The van der Waals surface area contributed by atoms with E-state index >= 15 is 0 Å². The van der Waals surface area contributed by atoms with Gasteiger partial charge < -0.3 is 14.1 Å². The minimum absolute atomic E-state index is 0.00903. The van der Waals surface area contributed by atoms with E-state index in [1.54, 1.807) is 6.92 Å². The van der Waals surface area contributed by atoms with Crippen LogP contribution in [0.4, 0.5) is 5.69 Å². The van der Waals surface area contributed by atoms with Gasteiger partial charge in [-0.3, -0.25) is 19.7 Å². The van der Waals surface area contributed by atoms with Crippen molar-refractivity contribution in [1.29, 1.82) is 0 Å². The molecular weight excluding hydrogens is 392 g/mol. The molecular formula is C20H22N4O6. The molecule has 1 saturated heterocycles. The van der Waals surface area contributed by atoms with Gasteiger partial charge in [0.2, 0.25) is 11.8 Å². The van der Waals surface area contributed by atoms with Gasteiger partial charge in [0.05, 0.1) is 10.8 Å². The van der Waals surface area contributed by atoms with Gasteiger partial charge in [0, 0.05) is 36.7 Å². The lowest BCUT2D eigenvalue weighted by molar-refractivity contribution is -0.384. The summed E-state index contributed by atoms with van der Waals surface area (Å²) in [6.45, 7) is 2.02. The third-order valence-electron chi connectivity index (χ3n) is 5.66. The average Bonchev–Trinajstić information content (AvgIpc) is 3.48. The second kappa shape index (κ2) is 8.21. The normalized spacial score (nSPS) is 20.5. The summed E-state index contributed by atoms with van der Waals surface area (Å²) >= 11 is 0. The number of nitro benzene ring substituents is 1. The zero-order valence-electron chi connectivity index (χ0n) is 16.5. The molecule has 1 aromatic heterocycles. The van der Waals surface area contributed by atoms with Crippen LogP contribution in [0.5, 0.6) is 0 Å². The van der Waals surface area contributed by atoms with E-state index < -0.39 is 22.9 Å². The second-order valence-corrected chi connectivity index (χ2v) is 7.71. The molecule has 1 aromatic carbocycles. The van der Waals surface area contributed by atoms with E-state index in [1.165, 1.54) is 24.3 Å². The van der Waals surface area contributed by atoms with Gasteiger partial charge in [0.15, 0.2) is 6.10 Å². The summed E-state index contributed by atoms with van der Waals surface area (Å²) in [4.78, 5) is 36.9. The number of ether oxygens (including phenoxy) is 1. The molecule has 0 N–H and O–H groups in total. The van der Waals surface area contributed by atoms with Crippen LogP contribution in [0.3, 0.4) is 0 Å². The number of benzene rings is 1. The van der Waals surface area contributed by atoms with Crippen molar-refractivity contribution in [2.75, 3.05) is 6.54 Å². The van der Waals surface area contributed by atoms with Gasteiger partial charge in [0.25, 0.3) is 11.6 Å². The van der Waals surface area contributed by atoms with E-state index in [2.05, 4.69) is 10.2 Å². The number of non-ortho nitro benzene ring substituents is 1. The molecule has 0 unspecified atom stereocenters. The molecule has 10 nitrogen and oxygen atoms in total. The number of nitro groups is 1. The minimum atomic E-state index is -0.771. The van der Waals surface area contributed by atoms with Crippen LogP contribution < -0.4 is 0 Å². The first-order chi connectivity index (χ1) is 14.4. The molecule has 2 aliphatic rings. The van der Waals surface area contributed by atoms with Gasteiger partial charge in [-0.05, 0) is 31.9 Å². The molecule has 1 saturated carbocycles. The van der Waals surface area contributed by atoms with Crippen LogP contribution in [-0.4, -0.2) is 44.5 Å². The first-order valence-electron chi connectivity index (χ1n) is 10.0. The fourth-order valence-electron chi connectivity index (χ4n) is 4.02. The van der Waals surface area contributed by atoms with E-state index in [0.29, 0.717) is 12.1 Å². The molecule has 0 spiro atoms. The molecule has 4 rings (SSSR count). The Morgan fingerprint density at radius 3 is 2.63 bits per heavy atom. The van der Waals surface area contributed by atoms with E-state index in [0.717, 1.165) is 25.7 Å². The van der Waals surface area contributed by atoms with Gasteiger partial charge in [-0.25, -0.2) is 0 Å². The molecule has 158 valence electrons. The summed E-state index contributed by atoms with van der Waals surface area (Å²) in [5, 5.41) is 18.6. The Kier molecular flexibility index (Phi) is 5.47. The Labute approximate surface area is 172 Å². The number of hydrogen-bond acceptors (Lipinski definition) is 8. The van der Waals surface area contributed by atoms with Crippen LogP contribution in [0.2, 0.25) is 0 Å². The molecule has 2 fully saturated rings. The van der Waals surface area contributed by atoms with E-state index in [4.69, 9.17) is 9.15 Å². The topological polar surface area (TPSA) is 129 Å². The standard InChI is InChI=1S/C20H22N4O6/c1-12(18-21-22-19(30-18)13-6-8-16(9-7-13)24(27)28)29-20(26)14-10-17(25)23(11-14)15-4-2-3-5-15/h6-9,12,14-15H,2-5,10-11H2,1H3/t12-,14+/m0/s1. The summed E-state index contributed by atoms with van der Waals surface area (Å²) in [6.07, 6.45) is 3.63. The maximum Gasteiger partial charge on any atom is 0.312 e. The number of nitrogens with zero attached hydrogens (tertiary/aromatic N) is 4. The lowest BCUT2D eigenvalue weighted by Gasteiger charge is -2.23. The summed E-state index contributed by atoms with van der Waals surface area (Å²) in [6, 6.07) is 5.95. The first kappa shape index (κ1) is 20.0. The molecule has 1 aliphatic carbocycles. The highest BCUT2D eigenvalue weighted by atomic mass is 16.6. The number of aromatic nitrogens is 2. The van der Waals surface area contributed by atoms with Gasteiger partial charge in [0.1, 0.15) is 0 Å². The van der Waals surface area contributed by atoms with Crippen LogP contribution >= 0.6 is 0 Å². The zero-order chi connectivity index (χ0) is 21.3. The van der Waals surface area contributed by atoms with Crippen molar-refractivity contribution in [2.45, 2.75) is 51.2 Å². The third-order valence-corrected chi connectivity index (χ3v) is 5.66. The summed E-state index contributed by atoms with van der Waals surface area (Å²) < 4.78 is 11.0. The highest BCUT2D eigenvalue weighted by Gasteiger charge is 2.40. The quantitative estimate of drug-likeness (QED) is 0.401. The lowest BCUT2D eigenvalue weighted by atomic mass is 10.1. The number of likely N-dealkylation sites (tertiary alicyclic amines) is 1. The predicted octanol–water partition coefficient (Wildman–Crippen LogP) is 3.04. The van der Waals surface area contributed by atoms with E-state index in [1.807, 2.05) is 4.90 Å². The summed E-state index contributed by atoms with van der Waals surface area (Å²) in [5.41, 5.74) is 0.477. The smallest absolute Gasteiger partial charge is 0.312 e. The fraction of sp³-hybridized carbons (Fsp3) is 0.500. The van der Waals surface area contributed by atoms with Gasteiger partial charge in [-0.2, -0.15) is 0 Å². The zero-order valence-corrected chi connectivity index (χ0v) is 16.5.